The third kappa shape index (κ3) is 5.11. The first-order valence-corrected chi connectivity index (χ1v) is 13.9. The number of nitrogens with zero attached hydrogens (tertiary/aromatic N) is 3. The normalized spacial score (nSPS) is 11.0. The van der Waals surface area contributed by atoms with Crippen LogP contribution in [0, 0.1) is 0 Å². The van der Waals surface area contributed by atoms with Gasteiger partial charge in [-0.15, -0.1) is 0 Å². The van der Waals surface area contributed by atoms with Gasteiger partial charge in [0.05, 0.1) is 0 Å². The SMILES string of the molecule is Clc1nc(-c2ccc(-c3ccccc3)cc2)nc(-c2cc(-c3ccccc3)cc(-c3cccc4ccccc34)c2)n1. The Bertz CT molecular complexity index is 1980. The summed E-state index contributed by atoms with van der Waals surface area (Å²) in [4.78, 5) is 13.9. The van der Waals surface area contributed by atoms with Crippen LogP contribution in [0.2, 0.25) is 5.28 Å². The summed E-state index contributed by atoms with van der Waals surface area (Å²) in [6, 6.07) is 50.2. The summed E-state index contributed by atoms with van der Waals surface area (Å²) in [5, 5.41) is 2.55. The summed E-state index contributed by atoms with van der Waals surface area (Å²) in [5.74, 6) is 1.07. The van der Waals surface area contributed by atoms with Gasteiger partial charge >= 0.3 is 0 Å². The van der Waals surface area contributed by atoms with Crippen molar-refractivity contribution in [3.63, 3.8) is 0 Å². The maximum atomic E-state index is 6.51. The molecule has 0 N–H and O–H groups in total. The van der Waals surface area contributed by atoms with Gasteiger partial charge in [0.15, 0.2) is 11.6 Å². The van der Waals surface area contributed by atoms with Crippen molar-refractivity contribution >= 4 is 22.4 Å². The second-order valence-corrected chi connectivity index (χ2v) is 10.2. The number of hydrogen-bond acceptors (Lipinski definition) is 3. The van der Waals surface area contributed by atoms with E-state index in [0.29, 0.717) is 11.6 Å². The predicted octanol–water partition coefficient (Wildman–Crippen LogP) is 10.0. The van der Waals surface area contributed by atoms with Crippen LogP contribution in [0.3, 0.4) is 0 Å². The van der Waals surface area contributed by atoms with E-state index in [0.717, 1.165) is 44.5 Å². The van der Waals surface area contributed by atoms with E-state index in [1.165, 1.54) is 10.8 Å². The van der Waals surface area contributed by atoms with Crippen molar-refractivity contribution in [1.29, 1.82) is 0 Å². The number of fused-ring (bicyclic) bond motifs is 1. The minimum absolute atomic E-state index is 0.161. The summed E-state index contributed by atoms with van der Waals surface area (Å²) < 4.78 is 0. The van der Waals surface area contributed by atoms with Crippen molar-refractivity contribution in [2.45, 2.75) is 0 Å². The second-order valence-electron chi connectivity index (χ2n) is 9.89. The van der Waals surface area contributed by atoms with Crippen molar-refractivity contribution in [2.75, 3.05) is 0 Å². The van der Waals surface area contributed by atoms with E-state index in [-0.39, 0.29) is 5.28 Å². The van der Waals surface area contributed by atoms with E-state index >= 15 is 0 Å². The van der Waals surface area contributed by atoms with Gasteiger partial charge in [-0.05, 0) is 74.0 Å². The quantitative estimate of drug-likeness (QED) is 0.216. The van der Waals surface area contributed by atoms with Crippen LogP contribution < -0.4 is 0 Å². The third-order valence-corrected chi connectivity index (χ3v) is 7.43. The number of benzene rings is 6. The van der Waals surface area contributed by atoms with Crippen molar-refractivity contribution in [3.8, 4) is 56.2 Å². The lowest BCUT2D eigenvalue weighted by Crippen LogP contribution is -1.98. The largest absolute Gasteiger partial charge is 0.226 e. The molecule has 0 bridgehead atoms. The lowest BCUT2D eigenvalue weighted by molar-refractivity contribution is 1.07. The highest BCUT2D eigenvalue weighted by Gasteiger charge is 2.14. The second kappa shape index (κ2) is 10.8. The molecule has 7 rings (SSSR count). The Balaban J connectivity index is 1.36. The van der Waals surface area contributed by atoms with Crippen LogP contribution in [0.5, 0.6) is 0 Å². The molecular formula is C37H24ClN3. The van der Waals surface area contributed by atoms with Crippen LogP contribution in [-0.4, -0.2) is 15.0 Å². The van der Waals surface area contributed by atoms with Crippen molar-refractivity contribution in [3.05, 3.63) is 151 Å². The molecule has 0 saturated carbocycles. The highest BCUT2D eigenvalue weighted by molar-refractivity contribution is 6.28. The van der Waals surface area contributed by atoms with Crippen LogP contribution in [0.1, 0.15) is 0 Å². The lowest BCUT2D eigenvalue weighted by atomic mass is 9.93. The molecule has 41 heavy (non-hydrogen) atoms. The summed E-state index contributed by atoms with van der Waals surface area (Å²) in [7, 11) is 0. The standard InChI is InChI=1S/C37H24ClN3/c38-37-40-35(29-20-18-27(19-21-29)25-10-3-1-4-11-25)39-36(41-37)32-23-30(26-12-5-2-6-13-26)22-31(24-32)34-17-9-15-28-14-7-8-16-33(28)34/h1-24H. The van der Waals surface area contributed by atoms with E-state index in [9.17, 15) is 0 Å². The van der Waals surface area contributed by atoms with Crippen LogP contribution in [0.15, 0.2) is 146 Å². The van der Waals surface area contributed by atoms with E-state index in [1.807, 2.05) is 36.4 Å². The van der Waals surface area contributed by atoms with Gasteiger partial charge in [0.1, 0.15) is 0 Å². The highest BCUT2D eigenvalue weighted by Crippen LogP contribution is 2.36. The maximum absolute atomic E-state index is 6.51. The predicted molar refractivity (Wildman–Crippen MR) is 170 cm³/mol. The first kappa shape index (κ1) is 24.9. The Morgan fingerprint density at radius 1 is 0.366 bits per heavy atom. The average molecular weight is 546 g/mol. The number of halogens is 1. The highest BCUT2D eigenvalue weighted by atomic mass is 35.5. The van der Waals surface area contributed by atoms with Gasteiger partial charge in [-0.2, -0.15) is 9.97 Å². The van der Waals surface area contributed by atoms with Gasteiger partial charge in [-0.1, -0.05) is 127 Å². The third-order valence-electron chi connectivity index (χ3n) is 7.26. The Morgan fingerprint density at radius 3 is 1.61 bits per heavy atom. The van der Waals surface area contributed by atoms with Gasteiger partial charge in [0.25, 0.3) is 0 Å². The van der Waals surface area contributed by atoms with Gasteiger partial charge in [-0.25, -0.2) is 4.98 Å². The Hall–Kier alpha value is -5.12. The topological polar surface area (TPSA) is 38.7 Å². The van der Waals surface area contributed by atoms with Crippen molar-refractivity contribution in [2.24, 2.45) is 0 Å². The Labute approximate surface area is 243 Å². The maximum Gasteiger partial charge on any atom is 0.226 e. The molecular weight excluding hydrogens is 522 g/mol. The molecule has 1 heterocycles. The molecule has 0 aliphatic rings. The molecule has 0 unspecified atom stereocenters. The first-order valence-electron chi connectivity index (χ1n) is 13.5. The smallest absolute Gasteiger partial charge is 0.208 e. The fourth-order valence-electron chi connectivity index (χ4n) is 5.24. The number of rotatable bonds is 5. The molecule has 4 heteroatoms. The zero-order valence-corrected chi connectivity index (χ0v) is 22.8. The average Bonchev–Trinajstić information content (AvgIpc) is 3.05. The van der Waals surface area contributed by atoms with Crippen LogP contribution >= 0.6 is 11.6 Å². The summed E-state index contributed by atoms with van der Waals surface area (Å²) in [6.07, 6.45) is 0. The van der Waals surface area contributed by atoms with Crippen LogP contribution in [0.4, 0.5) is 0 Å². The van der Waals surface area contributed by atoms with Gasteiger partial charge in [0, 0.05) is 11.1 Å². The van der Waals surface area contributed by atoms with E-state index in [2.05, 4.69) is 119 Å². The summed E-state index contributed by atoms with van der Waals surface area (Å²) >= 11 is 6.51. The Kier molecular flexibility index (Phi) is 6.56. The molecule has 0 aliphatic heterocycles. The molecule has 3 nitrogen and oxygen atoms in total. The molecule has 1 aromatic heterocycles. The van der Waals surface area contributed by atoms with Crippen LogP contribution in [-0.2, 0) is 0 Å². The summed E-state index contributed by atoms with van der Waals surface area (Å²) in [6.45, 7) is 0. The van der Waals surface area contributed by atoms with Crippen molar-refractivity contribution < 1.29 is 0 Å². The fraction of sp³-hybridized carbons (Fsp3) is 0. The molecule has 194 valence electrons. The molecule has 0 amide bonds. The molecule has 0 spiro atoms. The van der Waals surface area contributed by atoms with E-state index in [1.54, 1.807) is 0 Å². The first-order chi connectivity index (χ1) is 20.2. The molecule has 0 saturated heterocycles. The molecule has 7 aromatic rings. The van der Waals surface area contributed by atoms with Crippen molar-refractivity contribution in [1.82, 2.24) is 15.0 Å². The van der Waals surface area contributed by atoms with Gasteiger partial charge < -0.3 is 0 Å². The molecule has 0 aliphatic carbocycles. The summed E-state index contributed by atoms with van der Waals surface area (Å²) in [5.41, 5.74) is 8.48. The number of hydrogen-bond donors (Lipinski definition) is 0. The van der Waals surface area contributed by atoms with E-state index < -0.39 is 0 Å². The van der Waals surface area contributed by atoms with Gasteiger partial charge in [-0.3, -0.25) is 0 Å². The van der Waals surface area contributed by atoms with Gasteiger partial charge in [0.2, 0.25) is 5.28 Å². The molecule has 0 atom stereocenters. The minimum Gasteiger partial charge on any atom is -0.208 e. The Morgan fingerprint density at radius 2 is 0.878 bits per heavy atom. The monoisotopic (exact) mass is 545 g/mol. The molecule has 6 aromatic carbocycles. The lowest BCUT2D eigenvalue weighted by Gasteiger charge is -2.13. The minimum atomic E-state index is 0.161. The molecule has 0 radical (unpaired) electrons. The fourth-order valence-corrected chi connectivity index (χ4v) is 5.40. The van der Waals surface area contributed by atoms with E-state index in [4.69, 9.17) is 16.6 Å². The zero-order chi connectivity index (χ0) is 27.6. The zero-order valence-electron chi connectivity index (χ0n) is 22.1. The molecule has 0 fully saturated rings. The van der Waals surface area contributed by atoms with Crippen LogP contribution in [0.25, 0.3) is 66.9 Å². The number of aromatic nitrogens is 3.